The maximum atomic E-state index is 9.16. The fourth-order valence-electron chi connectivity index (χ4n) is 5.42. The lowest BCUT2D eigenvalue weighted by molar-refractivity contribution is 0.454. The summed E-state index contributed by atoms with van der Waals surface area (Å²) in [7, 11) is 0.716. The minimum atomic E-state index is 0.588. The molecule has 0 aliphatic rings. The summed E-state index contributed by atoms with van der Waals surface area (Å²) < 4.78 is 11.4. The van der Waals surface area contributed by atoms with Crippen molar-refractivity contribution in [2.75, 3.05) is 0 Å². The van der Waals surface area contributed by atoms with Gasteiger partial charge in [0.05, 0.1) is 0 Å². The van der Waals surface area contributed by atoms with Crippen molar-refractivity contribution in [1.82, 2.24) is 0 Å². The third-order valence-electron chi connectivity index (χ3n) is 6.91. The Hall–Kier alpha value is -4.54. The Bertz CT molecular complexity index is 1860. The van der Waals surface area contributed by atoms with Gasteiger partial charge in [0.15, 0.2) is 0 Å². The van der Waals surface area contributed by atoms with Crippen molar-refractivity contribution in [2.24, 2.45) is 0 Å². The van der Waals surface area contributed by atoms with Crippen molar-refractivity contribution in [3.05, 3.63) is 115 Å². The zero-order valence-corrected chi connectivity index (χ0v) is 19.3. The summed E-state index contributed by atoms with van der Waals surface area (Å²) >= 11 is 0. The van der Waals surface area contributed by atoms with E-state index in [9.17, 15) is 0 Å². The minimum absolute atomic E-state index is 0.588. The van der Waals surface area contributed by atoms with Crippen LogP contribution < -0.4 is 4.65 Å². The fourth-order valence-corrected chi connectivity index (χ4v) is 5.42. The van der Waals surface area contributed by atoms with Gasteiger partial charge in [0.1, 0.15) is 16.9 Å². The fraction of sp³-hybridized carbons (Fsp3) is 0. The minimum Gasteiger partial charge on any atom is -0.537 e. The molecule has 0 aliphatic carbocycles. The van der Waals surface area contributed by atoms with E-state index in [1.165, 1.54) is 16.3 Å². The number of furan rings is 1. The number of hydrogen-bond acceptors (Lipinski definition) is 3. The average Bonchev–Trinajstić information content (AvgIpc) is 3.30. The molecule has 0 atom stereocenters. The van der Waals surface area contributed by atoms with E-state index >= 15 is 0 Å². The Balaban J connectivity index is 1.58. The van der Waals surface area contributed by atoms with Crippen molar-refractivity contribution in [1.29, 1.82) is 0 Å². The van der Waals surface area contributed by atoms with Crippen molar-refractivity contribution >= 4 is 51.2 Å². The van der Waals surface area contributed by atoms with Gasteiger partial charge in [0, 0.05) is 10.8 Å². The van der Waals surface area contributed by atoms with E-state index in [2.05, 4.69) is 84.9 Å². The first-order valence-electron chi connectivity index (χ1n) is 11.9. The highest BCUT2D eigenvalue weighted by Gasteiger charge is 2.18. The molecule has 1 aromatic heterocycles. The van der Waals surface area contributed by atoms with E-state index in [-0.39, 0.29) is 0 Å². The van der Waals surface area contributed by atoms with Gasteiger partial charge in [-0.05, 0) is 74.1 Å². The summed E-state index contributed by atoms with van der Waals surface area (Å²) in [6.07, 6.45) is 0. The van der Waals surface area contributed by atoms with Gasteiger partial charge in [-0.2, -0.15) is 0 Å². The number of hydrogen-bond donors (Lipinski definition) is 1. The topological polar surface area (TPSA) is 42.6 Å². The van der Waals surface area contributed by atoms with E-state index in [0.29, 0.717) is 13.4 Å². The maximum Gasteiger partial charge on any atom is 0.569 e. The van der Waals surface area contributed by atoms with Crippen LogP contribution in [0.5, 0.6) is 5.75 Å². The van der Waals surface area contributed by atoms with E-state index in [1.807, 2.05) is 30.3 Å². The van der Waals surface area contributed by atoms with E-state index in [1.54, 1.807) is 0 Å². The maximum absolute atomic E-state index is 9.16. The summed E-state index contributed by atoms with van der Waals surface area (Å²) in [6.45, 7) is 0. The largest absolute Gasteiger partial charge is 0.569 e. The van der Waals surface area contributed by atoms with Crippen LogP contribution in [0.25, 0.3) is 65.7 Å². The van der Waals surface area contributed by atoms with Crippen LogP contribution in [0.2, 0.25) is 0 Å². The van der Waals surface area contributed by atoms with Crippen LogP contribution in [0.4, 0.5) is 0 Å². The van der Waals surface area contributed by atoms with Crippen LogP contribution in [0.15, 0.2) is 120 Å². The molecule has 169 valence electrons. The molecule has 4 heteroatoms. The van der Waals surface area contributed by atoms with Crippen LogP contribution in [-0.2, 0) is 0 Å². The predicted molar refractivity (Wildman–Crippen MR) is 148 cm³/mol. The quantitative estimate of drug-likeness (QED) is 0.212. The van der Waals surface area contributed by atoms with Crippen LogP contribution in [0.1, 0.15) is 0 Å². The summed E-state index contributed by atoms with van der Waals surface area (Å²) in [6, 6.07) is 39.6. The zero-order valence-electron chi connectivity index (χ0n) is 19.3. The van der Waals surface area contributed by atoms with Gasteiger partial charge in [-0.1, -0.05) is 84.9 Å². The third kappa shape index (κ3) is 3.19. The first-order valence-corrected chi connectivity index (χ1v) is 11.9. The van der Waals surface area contributed by atoms with Crippen molar-refractivity contribution in [3.63, 3.8) is 0 Å². The van der Waals surface area contributed by atoms with Crippen molar-refractivity contribution in [2.45, 2.75) is 0 Å². The van der Waals surface area contributed by atoms with Gasteiger partial charge in [-0.25, -0.2) is 0 Å². The van der Waals surface area contributed by atoms with Crippen LogP contribution in [0.3, 0.4) is 0 Å². The molecule has 0 saturated carbocycles. The standard InChI is InChI=1S/C32H20BO3/c34-33-36-22-9-7-8-20(18-22)31-24-11-1-3-13-26(24)32(27-14-4-2-12-25(27)31)21-16-17-30-28(19-21)23-10-5-6-15-29(23)35-30/h1-19,34H. The number of para-hydroxylation sites is 1. The number of rotatable bonds is 4. The first-order chi connectivity index (χ1) is 17.8. The summed E-state index contributed by atoms with van der Waals surface area (Å²) in [5.74, 6) is 0.588. The smallest absolute Gasteiger partial charge is 0.537 e. The van der Waals surface area contributed by atoms with Crippen molar-refractivity contribution < 1.29 is 14.1 Å². The molecule has 7 aromatic rings. The molecule has 6 aromatic carbocycles. The lowest BCUT2D eigenvalue weighted by Gasteiger charge is -2.18. The lowest BCUT2D eigenvalue weighted by atomic mass is 9.85. The Morgan fingerprint density at radius 2 is 1.06 bits per heavy atom. The Morgan fingerprint density at radius 1 is 0.500 bits per heavy atom. The molecule has 1 radical (unpaired) electrons. The second kappa shape index (κ2) is 8.30. The van der Waals surface area contributed by atoms with Crippen LogP contribution in [-0.4, -0.2) is 12.7 Å². The summed E-state index contributed by atoms with van der Waals surface area (Å²) in [5, 5.41) is 16.1. The van der Waals surface area contributed by atoms with Crippen LogP contribution >= 0.6 is 0 Å². The molecule has 0 amide bonds. The molecule has 0 bridgehead atoms. The average molecular weight is 463 g/mol. The molecule has 1 heterocycles. The molecular formula is C32H20BO3. The SMILES string of the molecule is O[B]Oc1cccc(-c2c3ccccc3c(-c3ccc4oc5ccccc5c4c3)c3ccccc23)c1. The Kier molecular flexibility index (Phi) is 4.79. The molecule has 7 rings (SSSR count). The Labute approximate surface area is 208 Å². The van der Waals surface area contributed by atoms with Crippen LogP contribution in [0, 0.1) is 0 Å². The highest BCUT2D eigenvalue weighted by molar-refractivity contribution is 6.22. The van der Waals surface area contributed by atoms with E-state index < -0.39 is 0 Å². The summed E-state index contributed by atoms with van der Waals surface area (Å²) in [4.78, 5) is 0. The van der Waals surface area contributed by atoms with Gasteiger partial charge >= 0.3 is 7.69 Å². The number of fused-ring (bicyclic) bond motifs is 5. The number of benzene rings is 6. The van der Waals surface area contributed by atoms with Gasteiger partial charge in [-0.3, -0.25) is 0 Å². The first kappa shape index (κ1) is 20.8. The Morgan fingerprint density at radius 3 is 1.69 bits per heavy atom. The highest BCUT2D eigenvalue weighted by Crippen LogP contribution is 2.45. The second-order valence-electron chi connectivity index (χ2n) is 8.90. The predicted octanol–water partition coefficient (Wildman–Crippen LogP) is 8.13. The molecule has 0 saturated heterocycles. The molecule has 0 spiro atoms. The normalized spacial score (nSPS) is 11.5. The molecule has 0 fully saturated rings. The van der Waals surface area contributed by atoms with Crippen molar-refractivity contribution in [3.8, 4) is 28.0 Å². The van der Waals surface area contributed by atoms with Gasteiger partial charge < -0.3 is 14.1 Å². The highest BCUT2D eigenvalue weighted by atomic mass is 16.5. The second-order valence-corrected chi connectivity index (χ2v) is 8.90. The summed E-state index contributed by atoms with van der Waals surface area (Å²) in [5.41, 5.74) is 6.32. The van der Waals surface area contributed by atoms with E-state index in [0.717, 1.165) is 49.4 Å². The third-order valence-corrected chi connectivity index (χ3v) is 6.91. The molecular weight excluding hydrogens is 443 g/mol. The van der Waals surface area contributed by atoms with E-state index in [4.69, 9.17) is 14.1 Å². The van der Waals surface area contributed by atoms with Gasteiger partial charge in [0.25, 0.3) is 0 Å². The van der Waals surface area contributed by atoms with Gasteiger partial charge in [-0.15, -0.1) is 0 Å². The van der Waals surface area contributed by atoms with Gasteiger partial charge in [0.2, 0.25) is 0 Å². The zero-order chi connectivity index (χ0) is 24.1. The lowest BCUT2D eigenvalue weighted by Crippen LogP contribution is -1.99. The molecule has 0 aliphatic heterocycles. The molecule has 36 heavy (non-hydrogen) atoms. The molecule has 0 unspecified atom stereocenters. The monoisotopic (exact) mass is 463 g/mol. The molecule has 3 nitrogen and oxygen atoms in total. The molecule has 1 N–H and O–H groups in total.